The molecule has 0 radical (unpaired) electrons. The summed E-state index contributed by atoms with van der Waals surface area (Å²) in [5, 5.41) is 3.71. The normalized spacial score (nSPS) is 17.1. The molecule has 1 fully saturated rings. The lowest BCUT2D eigenvalue weighted by Gasteiger charge is -2.38. The maximum absolute atomic E-state index is 12.5. The van der Waals surface area contributed by atoms with Crippen LogP contribution in [0.2, 0.25) is 0 Å². The Balaban J connectivity index is 1.80. The summed E-state index contributed by atoms with van der Waals surface area (Å²) in [6.45, 7) is 4.20. The summed E-state index contributed by atoms with van der Waals surface area (Å²) in [4.78, 5) is 4.26. The van der Waals surface area contributed by atoms with Gasteiger partial charge in [0.05, 0.1) is 0 Å². The Morgan fingerprint density at radius 1 is 1.35 bits per heavy atom. The van der Waals surface area contributed by atoms with E-state index in [1.165, 1.54) is 4.31 Å². The first-order valence-corrected chi connectivity index (χ1v) is 7.77. The molecule has 2 aromatic rings. The van der Waals surface area contributed by atoms with Gasteiger partial charge in [0.2, 0.25) is 10.0 Å². The zero-order valence-electron chi connectivity index (χ0n) is 11.3. The Morgan fingerprint density at radius 2 is 2.10 bits per heavy atom. The number of rotatable bonds is 3. The van der Waals surface area contributed by atoms with Crippen LogP contribution in [0.15, 0.2) is 33.9 Å². The van der Waals surface area contributed by atoms with Crippen LogP contribution >= 0.6 is 0 Å². The van der Waals surface area contributed by atoms with E-state index < -0.39 is 10.0 Å². The number of hydrogen-bond acceptors (Lipinski definition) is 5. The van der Waals surface area contributed by atoms with Gasteiger partial charge in [-0.25, -0.2) is 8.42 Å². The summed E-state index contributed by atoms with van der Waals surface area (Å²) in [5.41, 5.74) is 1.48. The molecular formula is C13H15N3O3S. The summed E-state index contributed by atoms with van der Waals surface area (Å²) >= 11 is 0. The van der Waals surface area contributed by atoms with Crippen LogP contribution in [0.25, 0.3) is 0 Å². The molecule has 3 heterocycles. The van der Waals surface area contributed by atoms with Crippen molar-refractivity contribution >= 4 is 10.0 Å². The van der Waals surface area contributed by atoms with E-state index in [1.54, 1.807) is 26.2 Å². The first-order valence-electron chi connectivity index (χ1n) is 6.33. The Bertz CT molecular complexity index is 699. The van der Waals surface area contributed by atoms with Crippen molar-refractivity contribution in [3.63, 3.8) is 0 Å². The highest BCUT2D eigenvalue weighted by molar-refractivity contribution is 7.89. The van der Waals surface area contributed by atoms with Crippen molar-refractivity contribution in [3.8, 4) is 0 Å². The van der Waals surface area contributed by atoms with Crippen LogP contribution in [0.4, 0.5) is 0 Å². The highest BCUT2D eigenvalue weighted by Gasteiger charge is 2.40. The van der Waals surface area contributed by atoms with E-state index in [9.17, 15) is 8.42 Å². The van der Waals surface area contributed by atoms with Crippen LogP contribution in [0.5, 0.6) is 0 Å². The van der Waals surface area contributed by atoms with E-state index in [-0.39, 0.29) is 10.8 Å². The van der Waals surface area contributed by atoms with Crippen LogP contribution in [0.3, 0.4) is 0 Å². The maximum atomic E-state index is 12.5. The van der Waals surface area contributed by atoms with E-state index in [0.29, 0.717) is 24.5 Å². The molecule has 0 saturated carbocycles. The van der Waals surface area contributed by atoms with Crippen molar-refractivity contribution in [1.29, 1.82) is 0 Å². The predicted octanol–water partition coefficient (Wildman–Crippen LogP) is 1.47. The molecule has 20 heavy (non-hydrogen) atoms. The van der Waals surface area contributed by atoms with Crippen molar-refractivity contribution in [2.75, 3.05) is 13.1 Å². The van der Waals surface area contributed by atoms with Crippen molar-refractivity contribution in [3.05, 3.63) is 41.5 Å². The molecule has 106 valence electrons. The molecule has 7 heteroatoms. The lowest BCUT2D eigenvalue weighted by Crippen LogP contribution is -2.48. The molecule has 3 rings (SSSR count). The second-order valence-corrected chi connectivity index (χ2v) is 6.83. The molecule has 0 amide bonds. The Hall–Kier alpha value is -1.73. The van der Waals surface area contributed by atoms with Gasteiger partial charge in [0, 0.05) is 31.4 Å². The van der Waals surface area contributed by atoms with Crippen LogP contribution in [0, 0.1) is 13.8 Å². The highest BCUT2D eigenvalue weighted by atomic mass is 32.2. The molecule has 0 atom stereocenters. The van der Waals surface area contributed by atoms with Crippen LogP contribution < -0.4 is 0 Å². The molecule has 0 bridgehead atoms. The van der Waals surface area contributed by atoms with Gasteiger partial charge in [0.15, 0.2) is 5.76 Å². The molecule has 0 N–H and O–H groups in total. The van der Waals surface area contributed by atoms with Gasteiger partial charge in [-0.15, -0.1) is 0 Å². The maximum Gasteiger partial charge on any atom is 0.248 e. The fourth-order valence-electron chi connectivity index (χ4n) is 2.43. The monoisotopic (exact) mass is 293 g/mol. The standard InChI is InChI=1S/C13H15N3O3S/c1-9-13(10(2)19-15-9)20(17,18)16-7-12(8-16)11-4-3-5-14-6-11/h3-6,12H,7-8H2,1-2H3. The van der Waals surface area contributed by atoms with Crippen molar-refractivity contribution in [2.45, 2.75) is 24.7 Å². The van der Waals surface area contributed by atoms with E-state index in [4.69, 9.17) is 4.52 Å². The first-order chi connectivity index (χ1) is 9.50. The molecule has 0 aliphatic carbocycles. The summed E-state index contributed by atoms with van der Waals surface area (Å²) in [7, 11) is -3.50. The average Bonchev–Trinajstić information content (AvgIpc) is 2.68. The van der Waals surface area contributed by atoms with Gasteiger partial charge in [0.1, 0.15) is 10.6 Å². The topological polar surface area (TPSA) is 76.3 Å². The van der Waals surface area contributed by atoms with Gasteiger partial charge < -0.3 is 4.52 Å². The average molecular weight is 293 g/mol. The Kier molecular flexibility index (Phi) is 3.10. The van der Waals surface area contributed by atoms with Crippen molar-refractivity contribution < 1.29 is 12.9 Å². The van der Waals surface area contributed by atoms with Crippen LogP contribution in [-0.2, 0) is 10.0 Å². The van der Waals surface area contributed by atoms with Crippen LogP contribution in [0.1, 0.15) is 22.9 Å². The van der Waals surface area contributed by atoms with E-state index in [2.05, 4.69) is 10.1 Å². The lowest BCUT2D eigenvalue weighted by molar-refractivity contribution is 0.263. The number of pyridine rings is 1. The third-order valence-corrected chi connectivity index (χ3v) is 5.65. The van der Waals surface area contributed by atoms with Gasteiger partial charge in [-0.1, -0.05) is 11.2 Å². The van der Waals surface area contributed by atoms with Gasteiger partial charge in [-0.3, -0.25) is 4.98 Å². The third kappa shape index (κ3) is 2.03. The predicted molar refractivity (Wildman–Crippen MR) is 71.7 cm³/mol. The minimum atomic E-state index is -3.50. The van der Waals surface area contributed by atoms with E-state index in [0.717, 1.165) is 5.56 Å². The molecule has 1 saturated heterocycles. The number of nitrogens with zero attached hydrogens (tertiary/aromatic N) is 3. The zero-order chi connectivity index (χ0) is 14.3. The smallest absolute Gasteiger partial charge is 0.248 e. The Morgan fingerprint density at radius 3 is 2.65 bits per heavy atom. The second kappa shape index (κ2) is 4.68. The summed E-state index contributed by atoms with van der Waals surface area (Å²) in [6, 6.07) is 3.83. The molecule has 1 aliphatic heterocycles. The number of sulfonamides is 1. The lowest BCUT2D eigenvalue weighted by atomic mass is 9.95. The molecule has 0 spiro atoms. The number of aryl methyl sites for hydroxylation is 2. The number of aromatic nitrogens is 2. The van der Waals surface area contributed by atoms with Crippen molar-refractivity contribution in [1.82, 2.24) is 14.4 Å². The van der Waals surface area contributed by atoms with Gasteiger partial charge in [0.25, 0.3) is 0 Å². The molecule has 0 unspecified atom stereocenters. The van der Waals surface area contributed by atoms with E-state index >= 15 is 0 Å². The summed E-state index contributed by atoms with van der Waals surface area (Å²) in [5.74, 6) is 0.547. The minimum absolute atomic E-state index is 0.196. The summed E-state index contributed by atoms with van der Waals surface area (Å²) < 4.78 is 31.4. The third-order valence-electron chi connectivity index (χ3n) is 3.57. The fraction of sp³-hybridized carbons (Fsp3) is 0.385. The van der Waals surface area contributed by atoms with Gasteiger partial charge in [-0.05, 0) is 25.5 Å². The SMILES string of the molecule is Cc1noc(C)c1S(=O)(=O)N1CC(c2cccnc2)C1. The molecule has 6 nitrogen and oxygen atoms in total. The van der Waals surface area contributed by atoms with Gasteiger partial charge >= 0.3 is 0 Å². The summed E-state index contributed by atoms with van der Waals surface area (Å²) in [6.07, 6.45) is 3.49. The van der Waals surface area contributed by atoms with Gasteiger partial charge in [-0.2, -0.15) is 4.31 Å². The quantitative estimate of drug-likeness (QED) is 0.856. The molecular weight excluding hydrogens is 278 g/mol. The largest absolute Gasteiger partial charge is 0.360 e. The first kappa shape index (κ1) is 13.3. The molecule has 2 aromatic heterocycles. The molecule has 0 aromatic carbocycles. The number of hydrogen-bond donors (Lipinski definition) is 0. The van der Waals surface area contributed by atoms with Crippen molar-refractivity contribution in [2.24, 2.45) is 0 Å². The zero-order valence-corrected chi connectivity index (χ0v) is 12.1. The molecule has 1 aliphatic rings. The fourth-order valence-corrected chi connectivity index (χ4v) is 4.26. The van der Waals surface area contributed by atoms with E-state index in [1.807, 2.05) is 12.1 Å². The van der Waals surface area contributed by atoms with Crippen LogP contribution in [-0.4, -0.2) is 36.0 Å². The highest BCUT2D eigenvalue weighted by Crippen LogP contribution is 2.33. The Labute approximate surface area is 117 Å². The minimum Gasteiger partial charge on any atom is -0.360 e. The second-order valence-electron chi connectivity index (χ2n) is 4.96.